The molecule has 0 spiro atoms. The smallest absolute Gasteiger partial charge is 0.263 e. The van der Waals surface area contributed by atoms with Crippen LogP contribution in [0, 0.1) is 0 Å². The highest BCUT2D eigenvalue weighted by Gasteiger charge is 2.25. The summed E-state index contributed by atoms with van der Waals surface area (Å²) in [7, 11) is 0. The predicted octanol–water partition coefficient (Wildman–Crippen LogP) is 3.13. The SMILES string of the molecule is CCCn1c(S[C@H](C)C(=O)NC[C@H]2CCCO2)nc2sc3c(c2c1=O)CCC3. The maximum atomic E-state index is 13.2. The van der Waals surface area contributed by atoms with E-state index in [1.54, 1.807) is 15.9 Å². The zero-order valence-electron chi connectivity index (χ0n) is 16.5. The van der Waals surface area contributed by atoms with Gasteiger partial charge in [0.05, 0.1) is 16.7 Å². The van der Waals surface area contributed by atoms with Gasteiger partial charge >= 0.3 is 0 Å². The molecule has 0 radical (unpaired) electrons. The standard InChI is InChI=1S/C20H27N3O3S2/c1-3-9-23-19(25)16-14-7-4-8-15(14)28-18(16)22-20(23)27-12(2)17(24)21-11-13-6-5-10-26-13/h12-13H,3-11H2,1-2H3,(H,21,24)/t12-,13-/m1/s1. The molecule has 2 aromatic rings. The Labute approximate surface area is 173 Å². The maximum Gasteiger partial charge on any atom is 0.263 e. The van der Waals surface area contributed by atoms with Crippen LogP contribution in [0.4, 0.5) is 0 Å². The molecule has 2 aromatic heterocycles. The fourth-order valence-corrected chi connectivity index (χ4v) is 6.21. The lowest BCUT2D eigenvalue weighted by atomic mass is 10.2. The lowest BCUT2D eigenvalue weighted by Crippen LogP contribution is -2.37. The van der Waals surface area contributed by atoms with Crippen molar-refractivity contribution in [3.63, 3.8) is 0 Å². The van der Waals surface area contributed by atoms with Crippen molar-refractivity contribution in [1.82, 2.24) is 14.9 Å². The van der Waals surface area contributed by atoms with E-state index in [4.69, 9.17) is 9.72 Å². The zero-order valence-corrected chi connectivity index (χ0v) is 18.1. The van der Waals surface area contributed by atoms with E-state index in [0.717, 1.165) is 55.3 Å². The molecule has 3 heterocycles. The van der Waals surface area contributed by atoms with Crippen LogP contribution in [-0.4, -0.2) is 40.0 Å². The number of thioether (sulfide) groups is 1. The molecule has 6 nitrogen and oxygen atoms in total. The van der Waals surface area contributed by atoms with Gasteiger partial charge in [0, 0.05) is 24.6 Å². The summed E-state index contributed by atoms with van der Waals surface area (Å²) >= 11 is 3.03. The molecule has 152 valence electrons. The number of thiophene rings is 1. The van der Waals surface area contributed by atoms with E-state index in [-0.39, 0.29) is 22.8 Å². The number of aromatic nitrogens is 2. The number of hydrogen-bond donors (Lipinski definition) is 1. The van der Waals surface area contributed by atoms with Gasteiger partial charge in [-0.1, -0.05) is 18.7 Å². The number of nitrogens with one attached hydrogen (secondary N) is 1. The van der Waals surface area contributed by atoms with Crippen molar-refractivity contribution in [2.75, 3.05) is 13.2 Å². The summed E-state index contributed by atoms with van der Waals surface area (Å²) in [6, 6.07) is 0. The predicted molar refractivity (Wildman–Crippen MR) is 113 cm³/mol. The van der Waals surface area contributed by atoms with Crippen LogP contribution in [0.25, 0.3) is 10.2 Å². The van der Waals surface area contributed by atoms with Gasteiger partial charge in [-0.3, -0.25) is 14.2 Å². The molecule has 1 aliphatic carbocycles. The molecule has 0 saturated carbocycles. The van der Waals surface area contributed by atoms with Gasteiger partial charge in [-0.05, 0) is 51.0 Å². The first-order valence-electron chi connectivity index (χ1n) is 10.2. The first-order valence-corrected chi connectivity index (χ1v) is 11.9. The van der Waals surface area contributed by atoms with Crippen LogP contribution < -0.4 is 10.9 Å². The normalized spacial score (nSPS) is 19.9. The minimum absolute atomic E-state index is 0.0356. The van der Waals surface area contributed by atoms with Crippen LogP contribution in [0.15, 0.2) is 9.95 Å². The van der Waals surface area contributed by atoms with Gasteiger partial charge in [-0.25, -0.2) is 4.98 Å². The van der Waals surface area contributed by atoms with E-state index in [0.29, 0.717) is 18.2 Å². The molecule has 1 fully saturated rings. The van der Waals surface area contributed by atoms with Crippen molar-refractivity contribution in [3.8, 4) is 0 Å². The van der Waals surface area contributed by atoms with Crippen molar-refractivity contribution in [2.45, 2.75) is 75.4 Å². The summed E-state index contributed by atoms with van der Waals surface area (Å²) in [5.74, 6) is -0.0356. The Bertz CT molecular complexity index is 931. The summed E-state index contributed by atoms with van der Waals surface area (Å²) in [6.45, 7) is 5.88. The number of fused-ring (bicyclic) bond motifs is 3. The summed E-state index contributed by atoms with van der Waals surface area (Å²) in [5.41, 5.74) is 1.27. The highest BCUT2D eigenvalue weighted by molar-refractivity contribution is 8.00. The average Bonchev–Trinajstić information content (AvgIpc) is 3.39. The van der Waals surface area contributed by atoms with Gasteiger partial charge in [0.25, 0.3) is 5.56 Å². The van der Waals surface area contributed by atoms with Crippen LogP contribution >= 0.6 is 23.1 Å². The molecule has 1 saturated heterocycles. The zero-order chi connectivity index (χ0) is 19.7. The highest BCUT2D eigenvalue weighted by Crippen LogP contribution is 2.36. The molecule has 1 aliphatic heterocycles. The quantitative estimate of drug-likeness (QED) is 0.549. The third-order valence-corrected chi connectivity index (χ3v) is 7.69. The van der Waals surface area contributed by atoms with Gasteiger partial charge in [0.1, 0.15) is 4.83 Å². The number of ether oxygens (including phenoxy) is 1. The molecule has 0 bridgehead atoms. The second-order valence-electron chi connectivity index (χ2n) is 7.53. The summed E-state index contributed by atoms with van der Waals surface area (Å²) in [6.07, 6.45) is 6.19. The summed E-state index contributed by atoms with van der Waals surface area (Å²) in [4.78, 5) is 32.7. The average molecular weight is 422 g/mol. The Hall–Kier alpha value is -1.38. The first kappa shape index (κ1) is 19.9. The third-order valence-electron chi connectivity index (χ3n) is 5.42. The van der Waals surface area contributed by atoms with Gasteiger partial charge in [0.2, 0.25) is 5.91 Å². The van der Waals surface area contributed by atoms with Crippen molar-refractivity contribution < 1.29 is 9.53 Å². The van der Waals surface area contributed by atoms with Crippen molar-refractivity contribution >= 4 is 39.2 Å². The third kappa shape index (κ3) is 3.86. The Morgan fingerprint density at radius 1 is 1.43 bits per heavy atom. The van der Waals surface area contributed by atoms with E-state index in [1.807, 2.05) is 6.92 Å². The van der Waals surface area contributed by atoms with E-state index in [2.05, 4.69) is 12.2 Å². The Morgan fingerprint density at radius 3 is 3.04 bits per heavy atom. The number of nitrogens with zero attached hydrogens (tertiary/aromatic N) is 2. The first-order chi connectivity index (χ1) is 13.6. The number of carbonyl (C=O) groups excluding carboxylic acids is 1. The van der Waals surface area contributed by atoms with Crippen LogP contribution in [0.5, 0.6) is 0 Å². The van der Waals surface area contributed by atoms with Crippen LogP contribution in [0.1, 0.15) is 50.0 Å². The van der Waals surface area contributed by atoms with Crippen molar-refractivity contribution in [1.29, 1.82) is 0 Å². The van der Waals surface area contributed by atoms with Gasteiger partial charge in [-0.15, -0.1) is 11.3 Å². The lowest BCUT2D eigenvalue weighted by Gasteiger charge is -2.16. The largest absolute Gasteiger partial charge is 0.376 e. The van der Waals surface area contributed by atoms with Crippen LogP contribution in [0.3, 0.4) is 0 Å². The second-order valence-corrected chi connectivity index (χ2v) is 9.92. The Balaban J connectivity index is 1.56. The molecule has 2 aliphatic rings. The topological polar surface area (TPSA) is 73.2 Å². The molecule has 4 rings (SSSR count). The molecule has 1 N–H and O–H groups in total. The molecular weight excluding hydrogens is 394 g/mol. The fourth-order valence-electron chi connectivity index (χ4n) is 3.94. The number of carbonyl (C=O) groups is 1. The molecule has 8 heteroatoms. The van der Waals surface area contributed by atoms with E-state index >= 15 is 0 Å². The summed E-state index contributed by atoms with van der Waals surface area (Å²) < 4.78 is 7.33. The van der Waals surface area contributed by atoms with E-state index in [1.165, 1.54) is 22.2 Å². The minimum atomic E-state index is -0.319. The molecule has 1 amide bonds. The van der Waals surface area contributed by atoms with Crippen LogP contribution in [-0.2, 0) is 28.9 Å². The Morgan fingerprint density at radius 2 is 2.29 bits per heavy atom. The molecule has 2 atom stereocenters. The van der Waals surface area contributed by atoms with Crippen LogP contribution in [0.2, 0.25) is 0 Å². The Kier molecular flexibility index (Phi) is 6.08. The number of hydrogen-bond acceptors (Lipinski definition) is 6. The second kappa shape index (κ2) is 8.55. The summed E-state index contributed by atoms with van der Waals surface area (Å²) in [5, 5.41) is 4.13. The number of aryl methyl sites for hydroxylation is 2. The maximum absolute atomic E-state index is 13.2. The molecule has 0 unspecified atom stereocenters. The molecular formula is C20H27N3O3S2. The minimum Gasteiger partial charge on any atom is -0.376 e. The highest BCUT2D eigenvalue weighted by atomic mass is 32.2. The molecule has 28 heavy (non-hydrogen) atoms. The van der Waals surface area contributed by atoms with E-state index < -0.39 is 0 Å². The van der Waals surface area contributed by atoms with Crippen molar-refractivity contribution in [3.05, 3.63) is 20.8 Å². The van der Waals surface area contributed by atoms with Gasteiger partial charge < -0.3 is 10.1 Å². The lowest BCUT2D eigenvalue weighted by molar-refractivity contribution is -0.120. The number of amides is 1. The fraction of sp³-hybridized carbons (Fsp3) is 0.650. The van der Waals surface area contributed by atoms with Gasteiger partial charge in [-0.2, -0.15) is 0 Å². The van der Waals surface area contributed by atoms with E-state index in [9.17, 15) is 9.59 Å². The molecule has 0 aromatic carbocycles. The van der Waals surface area contributed by atoms with Gasteiger partial charge in [0.15, 0.2) is 5.16 Å². The van der Waals surface area contributed by atoms with Crippen molar-refractivity contribution in [2.24, 2.45) is 0 Å². The monoisotopic (exact) mass is 421 g/mol. The number of rotatable bonds is 7.